The van der Waals surface area contributed by atoms with Gasteiger partial charge < -0.3 is 5.32 Å². The predicted octanol–water partition coefficient (Wildman–Crippen LogP) is 5.26. The van der Waals surface area contributed by atoms with Crippen molar-refractivity contribution >= 4 is 33.4 Å². The normalized spacial score (nSPS) is 11.6. The number of sulfonamides is 1. The molecule has 0 aliphatic heterocycles. The first-order valence-electron chi connectivity index (χ1n) is 12.5. The first kappa shape index (κ1) is 27.6. The largest absolute Gasteiger partial charge is 0.325 e. The van der Waals surface area contributed by atoms with Crippen LogP contribution >= 0.6 is 11.8 Å². The Labute approximate surface area is 228 Å². The maximum absolute atomic E-state index is 13.1. The number of hydrogen-bond acceptors (Lipinski definition) is 6. The van der Waals surface area contributed by atoms with Crippen molar-refractivity contribution in [3.63, 3.8) is 0 Å². The molecule has 10 heteroatoms. The molecule has 1 N–H and O–H groups in total. The molecule has 0 bridgehead atoms. The van der Waals surface area contributed by atoms with Crippen LogP contribution in [0.25, 0.3) is 17.1 Å². The molecule has 38 heavy (non-hydrogen) atoms. The highest BCUT2D eigenvalue weighted by Gasteiger charge is 2.24. The van der Waals surface area contributed by atoms with Crippen molar-refractivity contribution in [2.24, 2.45) is 0 Å². The zero-order valence-corrected chi connectivity index (χ0v) is 23.3. The molecule has 4 aromatic rings. The quantitative estimate of drug-likeness (QED) is 0.257. The lowest BCUT2D eigenvalue weighted by Gasteiger charge is -2.19. The highest BCUT2D eigenvalue weighted by molar-refractivity contribution is 7.99. The van der Waals surface area contributed by atoms with Gasteiger partial charge in [0.1, 0.15) is 0 Å². The number of amides is 1. The summed E-state index contributed by atoms with van der Waals surface area (Å²) >= 11 is 1.27. The number of aromatic nitrogens is 3. The third-order valence-corrected chi connectivity index (χ3v) is 9.04. The molecule has 1 amide bonds. The van der Waals surface area contributed by atoms with E-state index in [9.17, 15) is 13.2 Å². The van der Waals surface area contributed by atoms with E-state index in [-0.39, 0.29) is 16.6 Å². The van der Waals surface area contributed by atoms with Crippen molar-refractivity contribution in [2.45, 2.75) is 37.2 Å². The Morgan fingerprint density at radius 1 is 0.921 bits per heavy atom. The van der Waals surface area contributed by atoms with Crippen molar-refractivity contribution in [2.75, 3.05) is 24.2 Å². The van der Waals surface area contributed by atoms with Gasteiger partial charge in [0.05, 0.1) is 10.6 Å². The molecule has 0 saturated heterocycles. The minimum Gasteiger partial charge on any atom is -0.325 e. The number of anilines is 1. The number of para-hydroxylation sites is 1. The molecule has 3 aromatic carbocycles. The van der Waals surface area contributed by atoms with E-state index < -0.39 is 10.0 Å². The Balaban J connectivity index is 1.63. The van der Waals surface area contributed by atoms with Crippen molar-refractivity contribution in [1.29, 1.82) is 0 Å². The van der Waals surface area contributed by atoms with Gasteiger partial charge in [-0.25, -0.2) is 8.42 Å². The lowest BCUT2D eigenvalue weighted by Crippen LogP contribution is -2.30. The first-order valence-corrected chi connectivity index (χ1v) is 14.9. The summed E-state index contributed by atoms with van der Waals surface area (Å²) in [6, 6.07) is 24.1. The summed E-state index contributed by atoms with van der Waals surface area (Å²) in [5.41, 5.74) is 3.36. The second kappa shape index (κ2) is 12.4. The Morgan fingerprint density at radius 2 is 1.63 bits per heavy atom. The van der Waals surface area contributed by atoms with Crippen LogP contribution in [0.3, 0.4) is 0 Å². The predicted molar refractivity (Wildman–Crippen MR) is 152 cm³/mol. The summed E-state index contributed by atoms with van der Waals surface area (Å²) in [4.78, 5) is 12.9. The standard InChI is InChI=1S/C28H31N5O3S2/c1-4-21-15-17-23(18-16-21)29-26(34)20-37-28-31-30-27(33(28)24-12-8-7-9-13-24)22-11-10-14-25(19-22)38(35,36)32(5-2)6-3/h7-19H,4-6,20H2,1-3H3,(H,29,34). The van der Waals surface area contributed by atoms with E-state index in [1.165, 1.54) is 21.6 Å². The zero-order chi connectivity index (χ0) is 27.1. The fraction of sp³-hybridized carbons (Fsp3) is 0.250. The first-order chi connectivity index (χ1) is 18.4. The van der Waals surface area contributed by atoms with Gasteiger partial charge in [0, 0.05) is 30.0 Å². The lowest BCUT2D eigenvalue weighted by molar-refractivity contribution is -0.113. The molecule has 0 fully saturated rings. The Morgan fingerprint density at radius 3 is 2.29 bits per heavy atom. The summed E-state index contributed by atoms with van der Waals surface area (Å²) < 4.78 is 29.5. The fourth-order valence-electron chi connectivity index (χ4n) is 4.02. The van der Waals surface area contributed by atoms with E-state index in [1.807, 2.05) is 79.1 Å². The number of benzene rings is 3. The average molecular weight is 550 g/mol. The number of nitrogens with zero attached hydrogens (tertiary/aromatic N) is 4. The van der Waals surface area contributed by atoms with Crippen LogP contribution in [0.15, 0.2) is 88.9 Å². The average Bonchev–Trinajstić information content (AvgIpc) is 3.37. The van der Waals surface area contributed by atoms with Gasteiger partial charge in [0.15, 0.2) is 11.0 Å². The second-order valence-corrected chi connectivity index (χ2v) is 11.4. The maximum Gasteiger partial charge on any atom is 0.243 e. The molecule has 8 nitrogen and oxygen atoms in total. The Bertz CT molecular complexity index is 1480. The summed E-state index contributed by atoms with van der Waals surface area (Å²) in [6.07, 6.45) is 0.936. The molecule has 4 rings (SSSR count). The summed E-state index contributed by atoms with van der Waals surface area (Å²) in [5.74, 6) is 0.471. The van der Waals surface area contributed by atoms with Gasteiger partial charge in [0.2, 0.25) is 15.9 Å². The molecule has 1 heterocycles. The smallest absolute Gasteiger partial charge is 0.243 e. The van der Waals surface area contributed by atoms with E-state index in [0.29, 0.717) is 29.6 Å². The van der Waals surface area contributed by atoms with Crippen molar-refractivity contribution in [3.8, 4) is 17.1 Å². The number of rotatable bonds is 11. The molecular formula is C28H31N5O3S2. The van der Waals surface area contributed by atoms with E-state index >= 15 is 0 Å². The van der Waals surface area contributed by atoms with Crippen LogP contribution in [-0.2, 0) is 21.2 Å². The van der Waals surface area contributed by atoms with Gasteiger partial charge in [-0.15, -0.1) is 10.2 Å². The summed E-state index contributed by atoms with van der Waals surface area (Å²) in [5, 5.41) is 12.2. The molecule has 0 spiro atoms. The van der Waals surface area contributed by atoms with E-state index in [1.54, 1.807) is 18.2 Å². The third kappa shape index (κ3) is 6.15. The highest BCUT2D eigenvalue weighted by atomic mass is 32.2. The second-order valence-electron chi connectivity index (χ2n) is 8.48. The minimum absolute atomic E-state index is 0.136. The third-order valence-electron chi connectivity index (χ3n) is 6.06. The Hall–Kier alpha value is -3.47. The van der Waals surface area contributed by atoms with E-state index in [0.717, 1.165) is 17.8 Å². The minimum atomic E-state index is -3.64. The Kier molecular flexibility index (Phi) is 8.98. The van der Waals surface area contributed by atoms with Crippen LogP contribution in [0.2, 0.25) is 0 Å². The van der Waals surface area contributed by atoms with Crippen LogP contribution in [0.1, 0.15) is 26.3 Å². The number of aryl methyl sites for hydroxylation is 1. The van der Waals surface area contributed by atoms with Crippen LogP contribution in [-0.4, -0.2) is 52.2 Å². The number of hydrogen-bond donors (Lipinski definition) is 1. The molecule has 0 atom stereocenters. The van der Waals surface area contributed by atoms with E-state index in [2.05, 4.69) is 22.4 Å². The van der Waals surface area contributed by atoms with Gasteiger partial charge in [-0.05, 0) is 48.4 Å². The maximum atomic E-state index is 13.1. The number of thioether (sulfide) groups is 1. The molecule has 0 aliphatic rings. The topological polar surface area (TPSA) is 97.2 Å². The molecule has 0 unspecified atom stereocenters. The van der Waals surface area contributed by atoms with Crippen LogP contribution in [0.5, 0.6) is 0 Å². The summed E-state index contributed by atoms with van der Waals surface area (Å²) in [7, 11) is -3.64. The highest BCUT2D eigenvalue weighted by Crippen LogP contribution is 2.30. The van der Waals surface area contributed by atoms with Crippen molar-refractivity contribution < 1.29 is 13.2 Å². The summed E-state index contributed by atoms with van der Waals surface area (Å²) in [6.45, 7) is 6.49. The SMILES string of the molecule is CCc1ccc(NC(=O)CSc2nnc(-c3cccc(S(=O)(=O)N(CC)CC)c3)n2-c2ccccc2)cc1. The van der Waals surface area contributed by atoms with Gasteiger partial charge >= 0.3 is 0 Å². The van der Waals surface area contributed by atoms with Crippen molar-refractivity contribution in [3.05, 3.63) is 84.4 Å². The number of carbonyl (C=O) groups is 1. The molecule has 0 aliphatic carbocycles. The van der Waals surface area contributed by atoms with Crippen molar-refractivity contribution in [1.82, 2.24) is 19.1 Å². The number of nitrogens with one attached hydrogen (secondary N) is 1. The van der Waals surface area contributed by atoms with Crippen LogP contribution in [0.4, 0.5) is 5.69 Å². The van der Waals surface area contributed by atoms with E-state index in [4.69, 9.17) is 0 Å². The lowest BCUT2D eigenvalue weighted by atomic mass is 10.1. The van der Waals surface area contributed by atoms with Gasteiger partial charge in [0.25, 0.3) is 0 Å². The van der Waals surface area contributed by atoms with Gasteiger partial charge in [-0.1, -0.05) is 75.0 Å². The zero-order valence-electron chi connectivity index (χ0n) is 21.7. The monoisotopic (exact) mass is 549 g/mol. The van der Waals surface area contributed by atoms with Crippen LogP contribution < -0.4 is 5.32 Å². The molecule has 0 radical (unpaired) electrons. The number of carbonyl (C=O) groups excluding carboxylic acids is 1. The van der Waals surface area contributed by atoms with Crippen LogP contribution in [0, 0.1) is 0 Å². The molecule has 1 aromatic heterocycles. The molecule has 198 valence electrons. The molecule has 0 saturated carbocycles. The fourth-order valence-corrected chi connectivity index (χ4v) is 6.28. The van der Waals surface area contributed by atoms with Gasteiger partial charge in [-0.3, -0.25) is 9.36 Å². The molecular weight excluding hydrogens is 518 g/mol. The van der Waals surface area contributed by atoms with Gasteiger partial charge in [-0.2, -0.15) is 4.31 Å².